The molecule has 4 bridgehead atoms. The van der Waals surface area contributed by atoms with Crippen molar-refractivity contribution in [3.63, 3.8) is 0 Å². The van der Waals surface area contributed by atoms with E-state index in [1.165, 1.54) is 25.3 Å². The second-order valence-electron chi connectivity index (χ2n) is 10.3. The van der Waals surface area contributed by atoms with Crippen LogP contribution in [-0.4, -0.2) is 75.7 Å². The first kappa shape index (κ1) is 29.9. The van der Waals surface area contributed by atoms with Crippen LogP contribution in [-0.2, 0) is 26.0 Å². The fourth-order valence-corrected chi connectivity index (χ4v) is 6.25. The fraction of sp³-hybridized carbons (Fsp3) is 0.323. The molecule has 226 valence electrons. The number of methoxy groups -OCH3 is 1. The third-order valence-corrected chi connectivity index (χ3v) is 9.12. The van der Waals surface area contributed by atoms with Gasteiger partial charge in [-0.15, -0.1) is 0 Å². The van der Waals surface area contributed by atoms with Crippen LogP contribution in [0.1, 0.15) is 28.8 Å². The second kappa shape index (κ2) is 13.2. The molecule has 0 unspecified atom stereocenters. The molecule has 6 rings (SSSR count). The first-order valence-corrected chi connectivity index (χ1v) is 15.6. The van der Waals surface area contributed by atoms with Gasteiger partial charge in [0.2, 0.25) is 5.91 Å². The van der Waals surface area contributed by atoms with Gasteiger partial charge < -0.3 is 29.7 Å². The first-order valence-electron chi connectivity index (χ1n) is 13.9. The van der Waals surface area contributed by atoms with Gasteiger partial charge in [-0.2, -0.15) is 0 Å². The maximum atomic E-state index is 13.4. The molecule has 11 nitrogen and oxygen atoms in total. The molecule has 3 aromatic rings. The van der Waals surface area contributed by atoms with Crippen molar-refractivity contribution in [3.05, 3.63) is 83.9 Å². The summed E-state index contributed by atoms with van der Waals surface area (Å²) in [6.07, 6.45) is -0.232. The lowest BCUT2D eigenvalue weighted by atomic mass is 10.0. The number of rotatable bonds is 5. The predicted molar refractivity (Wildman–Crippen MR) is 157 cm³/mol. The van der Waals surface area contributed by atoms with Crippen LogP contribution in [0, 0.1) is 0 Å². The molecule has 0 saturated carbocycles. The first-order chi connectivity index (χ1) is 20.7. The van der Waals surface area contributed by atoms with E-state index in [2.05, 4.69) is 10.6 Å². The Hall–Kier alpha value is -4.58. The number of nitrogens with zero attached hydrogens (tertiary/aromatic N) is 1. The Morgan fingerprint density at radius 1 is 1.05 bits per heavy atom. The van der Waals surface area contributed by atoms with E-state index < -0.39 is 27.9 Å². The summed E-state index contributed by atoms with van der Waals surface area (Å²) in [5.74, 6) is -0.249. The van der Waals surface area contributed by atoms with Crippen molar-refractivity contribution in [1.82, 2.24) is 15.5 Å². The van der Waals surface area contributed by atoms with Gasteiger partial charge in [0.1, 0.15) is 11.9 Å². The fourth-order valence-electron chi connectivity index (χ4n) is 5.00. The van der Waals surface area contributed by atoms with Crippen molar-refractivity contribution in [2.45, 2.75) is 36.4 Å². The molecule has 2 atom stereocenters. The van der Waals surface area contributed by atoms with Gasteiger partial charge in [-0.05, 0) is 48.0 Å². The zero-order valence-electron chi connectivity index (χ0n) is 23.7. The Labute approximate surface area is 250 Å². The molecule has 0 spiro atoms. The van der Waals surface area contributed by atoms with Crippen LogP contribution in [0.4, 0.5) is 0 Å². The number of carbonyl (C=O) groups is 3. The van der Waals surface area contributed by atoms with E-state index in [1.54, 1.807) is 47.4 Å². The molecule has 12 heteroatoms. The van der Waals surface area contributed by atoms with Crippen molar-refractivity contribution in [2.75, 3.05) is 32.6 Å². The van der Waals surface area contributed by atoms with Crippen molar-refractivity contribution in [1.29, 1.82) is 0 Å². The molecule has 0 aromatic heterocycles. The van der Waals surface area contributed by atoms with E-state index in [0.29, 0.717) is 31.0 Å². The Kier molecular flexibility index (Phi) is 9.15. The molecule has 3 heterocycles. The summed E-state index contributed by atoms with van der Waals surface area (Å²) in [5.41, 5.74) is 1.13. The van der Waals surface area contributed by atoms with Crippen LogP contribution < -0.4 is 24.8 Å². The van der Waals surface area contributed by atoms with Gasteiger partial charge in [0.05, 0.1) is 23.8 Å². The summed E-state index contributed by atoms with van der Waals surface area (Å²) in [6, 6.07) is 19.3. The minimum Gasteiger partial charge on any atom is -0.493 e. The smallest absolute Gasteiger partial charge is 0.258 e. The van der Waals surface area contributed by atoms with Gasteiger partial charge in [-0.1, -0.05) is 30.3 Å². The number of likely N-dealkylation sites (tertiary alicyclic amines) is 1. The minimum absolute atomic E-state index is 0.136. The van der Waals surface area contributed by atoms with Gasteiger partial charge in [0.25, 0.3) is 11.8 Å². The molecule has 1 fully saturated rings. The van der Waals surface area contributed by atoms with Gasteiger partial charge in [0.15, 0.2) is 27.9 Å². The van der Waals surface area contributed by atoms with Crippen LogP contribution in [0.25, 0.3) is 0 Å². The number of nitrogens with one attached hydrogen (secondary N) is 2. The van der Waals surface area contributed by atoms with E-state index >= 15 is 0 Å². The zero-order valence-corrected chi connectivity index (χ0v) is 24.5. The highest BCUT2D eigenvalue weighted by Crippen LogP contribution is 2.29. The maximum Gasteiger partial charge on any atom is 0.258 e. The zero-order chi connectivity index (χ0) is 30.4. The van der Waals surface area contributed by atoms with Crippen LogP contribution in [0.15, 0.2) is 77.7 Å². The second-order valence-corrected chi connectivity index (χ2v) is 12.4. The predicted octanol–water partition coefficient (Wildman–Crippen LogP) is 2.35. The van der Waals surface area contributed by atoms with Crippen LogP contribution in [0.3, 0.4) is 0 Å². The largest absolute Gasteiger partial charge is 0.493 e. The van der Waals surface area contributed by atoms with E-state index in [9.17, 15) is 22.8 Å². The quantitative estimate of drug-likeness (QED) is 0.451. The van der Waals surface area contributed by atoms with Crippen molar-refractivity contribution in [3.8, 4) is 17.2 Å². The topological polar surface area (TPSA) is 140 Å². The van der Waals surface area contributed by atoms with Crippen LogP contribution in [0.2, 0.25) is 0 Å². The summed E-state index contributed by atoms with van der Waals surface area (Å²) in [5, 5.41) is 5.79. The number of hydrogen-bond acceptors (Lipinski definition) is 8. The molecular weight excluding hydrogens is 574 g/mol. The number of piperidine rings is 1. The van der Waals surface area contributed by atoms with E-state index in [1.807, 2.05) is 12.1 Å². The Bertz CT molecular complexity index is 1580. The summed E-state index contributed by atoms with van der Waals surface area (Å²) < 4.78 is 42.8. The normalized spacial score (nSPS) is 19.1. The van der Waals surface area contributed by atoms with Crippen LogP contribution >= 0.6 is 0 Å². The van der Waals surface area contributed by atoms with E-state index in [4.69, 9.17) is 14.2 Å². The molecule has 0 radical (unpaired) electrons. The summed E-state index contributed by atoms with van der Waals surface area (Å²) >= 11 is 0. The van der Waals surface area contributed by atoms with Gasteiger partial charge in [0, 0.05) is 38.0 Å². The molecule has 3 aliphatic rings. The standard InChI is InChI=1S/C31H33N3O8S/c1-40-27-12-9-22-17-28(27)41-20-29(35)32-18-21-7-10-23(11-8-21)42-26-13-15-34(19-25(26)33-31(22)37)30(36)14-16-43(38,39)24-5-3-2-4-6-24/h2-12,17,25-26H,13-16,18-20H2,1H3,(H,32,35)(H,33,37)/t25-,26+/m0/s1. The number of fused-ring (bicyclic) bond motifs is 7. The van der Waals surface area contributed by atoms with Gasteiger partial charge in [-0.3, -0.25) is 14.4 Å². The Morgan fingerprint density at radius 3 is 2.56 bits per heavy atom. The number of benzene rings is 3. The lowest BCUT2D eigenvalue weighted by molar-refractivity contribution is -0.133. The van der Waals surface area contributed by atoms with Gasteiger partial charge >= 0.3 is 0 Å². The minimum atomic E-state index is -3.62. The number of hydrogen-bond donors (Lipinski definition) is 2. The number of carbonyl (C=O) groups excluding carboxylic acids is 3. The molecule has 1 saturated heterocycles. The number of amides is 3. The summed E-state index contributed by atoms with van der Waals surface area (Å²) in [6.45, 7) is 0.496. The van der Waals surface area contributed by atoms with Crippen LogP contribution in [0.5, 0.6) is 17.2 Å². The summed E-state index contributed by atoms with van der Waals surface area (Å²) in [7, 11) is -2.16. The van der Waals surface area contributed by atoms with Crippen molar-refractivity contribution < 1.29 is 37.0 Å². The Morgan fingerprint density at radius 2 is 1.81 bits per heavy atom. The molecule has 3 amide bonds. The summed E-state index contributed by atoms with van der Waals surface area (Å²) in [4.78, 5) is 40.7. The molecule has 0 aliphatic carbocycles. The SMILES string of the molecule is COc1ccc2cc1OCC(=O)NCc1ccc(cc1)O[C@@H]1CCN(C(=O)CCS(=O)(=O)c3ccccc3)C[C@@H]1NC2=O. The molecule has 3 aromatic carbocycles. The maximum absolute atomic E-state index is 13.4. The molecular formula is C31H33N3O8S. The number of sulfone groups is 1. The highest BCUT2D eigenvalue weighted by molar-refractivity contribution is 7.91. The number of ether oxygens (including phenoxy) is 3. The molecule has 2 N–H and O–H groups in total. The molecule has 43 heavy (non-hydrogen) atoms. The Balaban J connectivity index is 1.36. The highest BCUT2D eigenvalue weighted by atomic mass is 32.2. The monoisotopic (exact) mass is 607 g/mol. The van der Waals surface area contributed by atoms with Gasteiger partial charge in [-0.25, -0.2) is 8.42 Å². The van der Waals surface area contributed by atoms with Crippen molar-refractivity contribution >= 4 is 27.6 Å². The molecule has 3 aliphatic heterocycles. The highest BCUT2D eigenvalue weighted by Gasteiger charge is 2.35. The van der Waals surface area contributed by atoms with E-state index in [0.717, 1.165) is 5.56 Å². The van der Waals surface area contributed by atoms with Crippen molar-refractivity contribution in [2.24, 2.45) is 0 Å². The van der Waals surface area contributed by atoms with E-state index in [-0.39, 0.29) is 53.3 Å². The lowest BCUT2D eigenvalue weighted by Crippen LogP contribution is -2.58. The lowest BCUT2D eigenvalue weighted by Gasteiger charge is -2.39. The third-order valence-electron chi connectivity index (χ3n) is 7.39. The average Bonchev–Trinajstić information content (AvgIpc) is 3.03. The third kappa shape index (κ3) is 7.44. The average molecular weight is 608 g/mol.